The lowest BCUT2D eigenvalue weighted by atomic mass is 9.86. The smallest absolute Gasteiger partial charge is 0.193 e. The van der Waals surface area contributed by atoms with Gasteiger partial charge in [0.15, 0.2) is 17.5 Å². The summed E-state index contributed by atoms with van der Waals surface area (Å²) in [7, 11) is 3.34. The van der Waals surface area contributed by atoms with Crippen LogP contribution in [0.1, 0.15) is 44.6 Å². The molecule has 3 rings (SSSR count). The number of hydrogen-bond acceptors (Lipinski definition) is 3. The van der Waals surface area contributed by atoms with Gasteiger partial charge in [-0.1, -0.05) is 18.9 Å². The van der Waals surface area contributed by atoms with Crippen molar-refractivity contribution in [1.29, 1.82) is 0 Å². The van der Waals surface area contributed by atoms with Gasteiger partial charge in [0, 0.05) is 26.2 Å². The van der Waals surface area contributed by atoms with Crippen LogP contribution in [0.15, 0.2) is 23.2 Å². The average Bonchev–Trinajstić information content (AvgIpc) is 3.31. The highest BCUT2D eigenvalue weighted by molar-refractivity contribution is 5.80. The molecule has 1 heterocycles. The number of nitrogens with one attached hydrogen (secondary N) is 1. The molecule has 1 N–H and O–H groups in total. The van der Waals surface area contributed by atoms with Crippen LogP contribution in [0, 0.1) is 5.41 Å². The lowest BCUT2D eigenvalue weighted by Crippen LogP contribution is -2.41. The first-order chi connectivity index (χ1) is 12.7. The van der Waals surface area contributed by atoms with Gasteiger partial charge in [0.2, 0.25) is 0 Å². The average molecular weight is 360 g/mol. The van der Waals surface area contributed by atoms with Crippen molar-refractivity contribution in [3.05, 3.63) is 23.8 Å². The summed E-state index contributed by atoms with van der Waals surface area (Å²) in [6, 6.07) is 6.10. The maximum Gasteiger partial charge on any atom is 0.193 e. The van der Waals surface area contributed by atoms with E-state index in [0.717, 1.165) is 43.5 Å². The normalized spacial score (nSPS) is 19.2. The quantitative estimate of drug-likeness (QED) is 0.624. The minimum atomic E-state index is 0.569. The van der Waals surface area contributed by atoms with Crippen molar-refractivity contribution in [2.75, 3.05) is 40.4 Å². The summed E-state index contributed by atoms with van der Waals surface area (Å²) in [5.41, 5.74) is 1.79. The van der Waals surface area contributed by atoms with E-state index < -0.39 is 0 Å². The Bertz CT molecular complexity index is 624. The Labute approximate surface area is 157 Å². The van der Waals surface area contributed by atoms with E-state index in [-0.39, 0.29) is 0 Å². The van der Waals surface area contributed by atoms with Crippen LogP contribution in [-0.2, 0) is 6.42 Å². The van der Waals surface area contributed by atoms with Crippen molar-refractivity contribution in [2.24, 2.45) is 10.4 Å². The standard InChI is InChI=1S/C21H33N3O2/c1-4-22-20(24-14-12-21(16-24)10-5-6-11-21)23-13-9-17-7-8-18(25-2)19(15-17)26-3/h7-8,15H,4-6,9-14,16H2,1-3H3,(H,22,23). The number of methoxy groups -OCH3 is 2. The molecule has 1 saturated heterocycles. The van der Waals surface area contributed by atoms with Crippen LogP contribution < -0.4 is 14.8 Å². The van der Waals surface area contributed by atoms with Crippen LogP contribution >= 0.6 is 0 Å². The molecule has 1 aliphatic heterocycles. The van der Waals surface area contributed by atoms with Crippen molar-refractivity contribution in [3.63, 3.8) is 0 Å². The SMILES string of the molecule is CCNC(=NCCc1ccc(OC)c(OC)c1)N1CCC2(CCCC2)C1. The molecule has 5 heteroatoms. The maximum atomic E-state index is 5.40. The first-order valence-corrected chi connectivity index (χ1v) is 9.94. The van der Waals surface area contributed by atoms with Gasteiger partial charge in [0.05, 0.1) is 14.2 Å². The van der Waals surface area contributed by atoms with E-state index in [0.29, 0.717) is 5.41 Å². The summed E-state index contributed by atoms with van der Waals surface area (Å²) in [5.74, 6) is 2.63. The highest BCUT2D eigenvalue weighted by Crippen LogP contribution is 2.45. The first-order valence-electron chi connectivity index (χ1n) is 9.94. The van der Waals surface area contributed by atoms with E-state index in [1.165, 1.54) is 44.2 Å². The Kier molecular flexibility index (Phi) is 6.28. The number of benzene rings is 1. The molecule has 26 heavy (non-hydrogen) atoms. The van der Waals surface area contributed by atoms with Gasteiger partial charge in [-0.05, 0) is 55.7 Å². The van der Waals surface area contributed by atoms with E-state index in [1.54, 1.807) is 14.2 Å². The number of aliphatic imine (C=N–C) groups is 1. The van der Waals surface area contributed by atoms with Crippen molar-refractivity contribution in [2.45, 2.75) is 45.4 Å². The molecule has 1 aliphatic carbocycles. The molecule has 1 saturated carbocycles. The van der Waals surface area contributed by atoms with Gasteiger partial charge in [-0.25, -0.2) is 0 Å². The Hall–Kier alpha value is -1.91. The van der Waals surface area contributed by atoms with Crippen molar-refractivity contribution in [1.82, 2.24) is 10.2 Å². The topological polar surface area (TPSA) is 46.1 Å². The number of guanidine groups is 1. The molecule has 2 fully saturated rings. The molecule has 144 valence electrons. The second kappa shape index (κ2) is 8.65. The van der Waals surface area contributed by atoms with Gasteiger partial charge in [-0.2, -0.15) is 0 Å². The highest BCUT2D eigenvalue weighted by atomic mass is 16.5. The third-order valence-corrected chi connectivity index (χ3v) is 5.85. The van der Waals surface area contributed by atoms with Crippen molar-refractivity contribution < 1.29 is 9.47 Å². The molecule has 0 amide bonds. The highest BCUT2D eigenvalue weighted by Gasteiger charge is 2.41. The Morgan fingerprint density at radius 1 is 1.15 bits per heavy atom. The number of ether oxygens (including phenoxy) is 2. The largest absolute Gasteiger partial charge is 0.493 e. The zero-order valence-corrected chi connectivity index (χ0v) is 16.5. The molecular weight excluding hydrogens is 326 g/mol. The monoisotopic (exact) mass is 359 g/mol. The molecule has 1 spiro atoms. The van der Waals surface area contributed by atoms with Gasteiger partial charge in [0.1, 0.15) is 0 Å². The number of likely N-dealkylation sites (tertiary alicyclic amines) is 1. The van der Waals surface area contributed by atoms with Gasteiger partial charge in [0.25, 0.3) is 0 Å². The summed E-state index contributed by atoms with van der Waals surface area (Å²) in [4.78, 5) is 7.38. The summed E-state index contributed by atoms with van der Waals surface area (Å²) in [6.45, 7) is 6.16. The van der Waals surface area contributed by atoms with E-state index in [1.807, 2.05) is 12.1 Å². The number of hydrogen-bond donors (Lipinski definition) is 1. The fraction of sp³-hybridized carbons (Fsp3) is 0.667. The van der Waals surface area contributed by atoms with Crippen molar-refractivity contribution >= 4 is 5.96 Å². The first kappa shape index (κ1) is 18.9. The van der Waals surface area contributed by atoms with Gasteiger partial charge < -0.3 is 19.7 Å². The summed E-state index contributed by atoms with van der Waals surface area (Å²) >= 11 is 0. The Morgan fingerprint density at radius 2 is 1.92 bits per heavy atom. The van der Waals surface area contributed by atoms with Crippen LogP contribution in [0.3, 0.4) is 0 Å². The molecule has 5 nitrogen and oxygen atoms in total. The molecule has 1 aromatic rings. The van der Waals surface area contributed by atoms with E-state index >= 15 is 0 Å². The van der Waals surface area contributed by atoms with E-state index in [9.17, 15) is 0 Å². The molecule has 0 bridgehead atoms. The van der Waals surface area contributed by atoms with E-state index in [4.69, 9.17) is 14.5 Å². The molecular formula is C21H33N3O2. The number of nitrogens with zero attached hydrogens (tertiary/aromatic N) is 2. The Morgan fingerprint density at radius 3 is 2.62 bits per heavy atom. The molecule has 0 atom stereocenters. The lowest BCUT2D eigenvalue weighted by Gasteiger charge is -2.26. The van der Waals surface area contributed by atoms with Crippen LogP contribution in [0.25, 0.3) is 0 Å². The van der Waals surface area contributed by atoms with Gasteiger partial charge in [-0.15, -0.1) is 0 Å². The fourth-order valence-electron chi connectivity index (χ4n) is 4.40. The summed E-state index contributed by atoms with van der Waals surface area (Å²) in [5, 5.41) is 3.49. The minimum absolute atomic E-state index is 0.569. The van der Waals surface area contributed by atoms with Crippen LogP contribution in [-0.4, -0.2) is 51.3 Å². The second-order valence-corrected chi connectivity index (χ2v) is 7.55. The molecule has 0 radical (unpaired) electrons. The number of rotatable bonds is 6. The zero-order valence-electron chi connectivity index (χ0n) is 16.5. The predicted octanol–water partition coefficient (Wildman–Crippen LogP) is 3.48. The third kappa shape index (κ3) is 4.25. The molecule has 0 aromatic heterocycles. The van der Waals surface area contributed by atoms with Crippen LogP contribution in [0.4, 0.5) is 0 Å². The zero-order chi connectivity index (χ0) is 18.4. The fourth-order valence-corrected chi connectivity index (χ4v) is 4.40. The summed E-state index contributed by atoms with van der Waals surface area (Å²) in [6.07, 6.45) is 7.83. The van der Waals surface area contributed by atoms with Crippen LogP contribution in [0.5, 0.6) is 11.5 Å². The van der Waals surface area contributed by atoms with E-state index in [2.05, 4.69) is 23.2 Å². The maximum absolute atomic E-state index is 5.40. The molecule has 2 aliphatic rings. The van der Waals surface area contributed by atoms with Crippen LogP contribution in [0.2, 0.25) is 0 Å². The molecule has 0 unspecified atom stereocenters. The van der Waals surface area contributed by atoms with Gasteiger partial charge in [-0.3, -0.25) is 4.99 Å². The third-order valence-electron chi connectivity index (χ3n) is 5.85. The summed E-state index contributed by atoms with van der Waals surface area (Å²) < 4.78 is 10.7. The second-order valence-electron chi connectivity index (χ2n) is 7.55. The Balaban J connectivity index is 1.61. The minimum Gasteiger partial charge on any atom is -0.493 e. The lowest BCUT2D eigenvalue weighted by molar-refractivity contribution is 0.309. The molecule has 1 aromatic carbocycles. The predicted molar refractivity (Wildman–Crippen MR) is 106 cm³/mol. The van der Waals surface area contributed by atoms with Crippen molar-refractivity contribution in [3.8, 4) is 11.5 Å². The van der Waals surface area contributed by atoms with Gasteiger partial charge >= 0.3 is 0 Å².